The standard InChI is InChI=1S/C15H24N2OS/c1-2-12-19(18)16-15-8-10-17(11-9-15)13-14-6-4-3-5-7-14/h3-7,15-16H,2,8-13H2,1H3. The lowest BCUT2D eigenvalue weighted by Crippen LogP contribution is -2.43. The van der Waals surface area contributed by atoms with Crippen LogP contribution in [0.15, 0.2) is 30.3 Å². The van der Waals surface area contributed by atoms with E-state index in [1.54, 1.807) is 0 Å². The summed E-state index contributed by atoms with van der Waals surface area (Å²) in [5.74, 6) is 0.768. The number of hydrogen-bond acceptors (Lipinski definition) is 2. The Labute approximate surface area is 119 Å². The lowest BCUT2D eigenvalue weighted by atomic mass is 10.1. The van der Waals surface area contributed by atoms with Gasteiger partial charge in [-0.05, 0) is 24.8 Å². The average molecular weight is 280 g/mol. The highest BCUT2D eigenvalue weighted by Gasteiger charge is 2.20. The van der Waals surface area contributed by atoms with Gasteiger partial charge in [0.1, 0.15) is 0 Å². The topological polar surface area (TPSA) is 32.3 Å². The van der Waals surface area contributed by atoms with E-state index in [0.717, 1.165) is 44.6 Å². The molecule has 106 valence electrons. The van der Waals surface area contributed by atoms with Crippen LogP contribution in [0.2, 0.25) is 0 Å². The van der Waals surface area contributed by atoms with Gasteiger partial charge in [-0.3, -0.25) is 4.90 Å². The van der Waals surface area contributed by atoms with E-state index >= 15 is 0 Å². The third-order valence-electron chi connectivity index (χ3n) is 3.52. The average Bonchev–Trinajstić information content (AvgIpc) is 2.42. The highest BCUT2D eigenvalue weighted by molar-refractivity contribution is 7.83. The fourth-order valence-electron chi connectivity index (χ4n) is 2.48. The second-order valence-corrected chi connectivity index (χ2v) is 6.54. The third-order valence-corrected chi connectivity index (χ3v) is 4.90. The summed E-state index contributed by atoms with van der Waals surface area (Å²) in [5, 5.41) is 0. The second-order valence-electron chi connectivity index (χ2n) is 5.20. The summed E-state index contributed by atoms with van der Waals surface area (Å²) in [5.41, 5.74) is 1.38. The Morgan fingerprint density at radius 1 is 1.26 bits per heavy atom. The van der Waals surface area contributed by atoms with Crippen LogP contribution in [0.3, 0.4) is 0 Å². The maximum absolute atomic E-state index is 11.7. The molecule has 0 radical (unpaired) electrons. The molecule has 0 aromatic heterocycles. The number of rotatable bonds is 6. The van der Waals surface area contributed by atoms with Crippen LogP contribution < -0.4 is 4.72 Å². The molecule has 3 nitrogen and oxygen atoms in total. The van der Waals surface area contributed by atoms with Crippen LogP contribution in [0.1, 0.15) is 31.7 Å². The summed E-state index contributed by atoms with van der Waals surface area (Å²) < 4.78 is 14.9. The van der Waals surface area contributed by atoms with Crippen molar-refractivity contribution in [2.24, 2.45) is 0 Å². The van der Waals surface area contributed by atoms with Gasteiger partial charge >= 0.3 is 0 Å². The Balaban J connectivity index is 1.72. The van der Waals surface area contributed by atoms with E-state index in [1.807, 2.05) is 0 Å². The van der Waals surface area contributed by atoms with Gasteiger partial charge in [-0.25, -0.2) is 8.93 Å². The predicted octanol–water partition coefficient (Wildman–Crippen LogP) is 2.31. The molecule has 1 aliphatic rings. The number of nitrogens with one attached hydrogen (secondary N) is 1. The van der Waals surface area contributed by atoms with Crippen molar-refractivity contribution in [2.45, 2.75) is 38.8 Å². The molecule has 1 fully saturated rings. The van der Waals surface area contributed by atoms with Crippen LogP contribution >= 0.6 is 0 Å². The molecule has 0 amide bonds. The molecule has 0 saturated carbocycles. The molecule has 4 heteroatoms. The molecule has 1 unspecified atom stereocenters. The quantitative estimate of drug-likeness (QED) is 0.867. The molecule has 2 rings (SSSR count). The first-order valence-electron chi connectivity index (χ1n) is 7.18. The van der Waals surface area contributed by atoms with Crippen molar-refractivity contribution >= 4 is 11.0 Å². The van der Waals surface area contributed by atoms with Crippen LogP contribution in [0.4, 0.5) is 0 Å². The summed E-state index contributed by atoms with van der Waals surface area (Å²) in [6.45, 7) is 5.29. The lowest BCUT2D eigenvalue weighted by molar-refractivity contribution is 0.200. The molecule has 0 spiro atoms. The van der Waals surface area contributed by atoms with Crippen LogP contribution in [-0.4, -0.2) is 34.0 Å². The first-order valence-corrected chi connectivity index (χ1v) is 8.50. The van der Waals surface area contributed by atoms with Crippen molar-refractivity contribution in [2.75, 3.05) is 18.8 Å². The smallest absolute Gasteiger partial charge is 0.0917 e. The number of piperidine rings is 1. The van der Waals surface area contributed by atoms with Crippen molar-refractivity contribution in [1.29, 1.82) is 0 Å². The Morgan fingerprint density at radius 3 is 2.58 bits per heavy atom. The maximum atomic E-state index is 11.7. The summed E-state index contributed by atoms with van der Waals surface area (Å²) in [7, 11) is -0.835. The van der Waals surface area contributed by atoms with Crippen molar-refractivity contribution in [1.82, 2.24) is 9.62 Å². The van der Waals surface area contributed by atoms with E-state index < -0.39 is 11.0 Å². The van der Waals surface area contributed by atoms with Gasteiger partial charge in [0, 0.05) is 31.4 Å². The largest absolute Gasteiger partial charge is 0.299 e. The molecule has 19 heavy (non-hydrogen) atoms. The SMILES string of the molecule is CCCS(=O)NC1CCN(Cc2ccccc2)CC1. The highest BCUT2D eigenvalue weighted by Crippen LogP contribution is 2.14. The molecule has 1 aromatic carbocycles. The predicted molar refractivity (Wildman–Crippen MR) is 81.2 cm³/mol. The fraction of sp³-hybridized carbons (Fsp3) is 0.600. The summed E-state index contributed by atoms with van der Waals surface area (Å²) >= 11 is 0. The van der Waals surface area contributed by atoms with Crippen LogP contribution in [0.5, 0.6) is 0 Å². The lowest BCUT2D eigenvalue weighted by Gasteiger charge is -2.32. The van der Waals surface area contributed by atoms with Gasteiger partial charge in [0.25, 0.3) is 0 Å². The van der Waals surface area contributed by atoms with E-state index in [-0.39, 0.29) is 0 Å². The molecule has 1 N–H and O–H groups in total. The fourth-order valence-corrected chi connectivity index (χ4v) is 3.58. The zero-order valence-electron chi connectivity index (χ0n) is 11.7. The number of nitrogens with zero attached hydrogens (tertiary/aromatic N) is 1. The van der Waals surface area contributed by atoms with Gasteiger partial charge < -0.3 is 0 Å². The Hall–Kier alpha value is -0.710. The Bertz CT molecular complexity index is 388. The molecular weight excluding hydrogens is 256 g/mol. The summed E-state index contributed by atoms with van der Waals surface area (Å²) in [4.78, 5) is 2.48. The molecule has 1 aliphatic heterocycles. The molecule has 1 saturated heterocycles. The van der Waals surface area contributed by atoms with E-state index in [9.17, 15) is 4.21 Å². The van der Waals surface area contributed by atoms with Gasteiger partial charge in [0.2, 0.25) is 0 Å². The van der Waals surface area contributed by atoms with Crippen molar-refractivity contribution in [3.63, 3.8) is 0 Å². The zero-order valence-corrected chi connectivity index (χ0v) is 12.5. The van der Waals surface area contributed by atoms with E-state index in [1.165, 1.54) is 5.56 Å². The normalized spacial score (nSPS) is 19.4. The van der Waals surface area contributed by atoms with Crippen molar-refractivity contribution in [3.05, 3.63) is 35.9 Å². The Morgan fingerprint density at radius 2 is 1.95 bits per heavy atom. The molecule has 1 heterocycles. The number of likely N-dealkylation sites (tertiary alicyclic amines) is 1. The van der Waals surface area contributed by atoms with Gasteiger partial charge in [0.05, 0.1) is 11.0 Å². The molecule has 0 aliphatic carbocycles. The zero-order chi connectivity index (χ0) is 13.5. The van der Waals surface area contributed by atoms with E-state index in [0.29, 0.717) is 6.04 Å². The minimum atomic E-state index is -0.835. The number of hydrogen-bond donors (Lipinski definition) is 1. The third kappa shape index (κ3) is 5.05. The monoisotopic (exact) mass is 280 g/mol. The minimum absolute atomic E-state index is 0.430. The molecule has 1 aromatic rings. The molecular formula is C15H24N2OS. The summed E-state index contributed by atoms with van der Waals surface area (Å²) in [6.07, 6.45) is 3.18. The van der Waals surface area contributed by atoms with Crippen LogP contribution in [0, 0.1) is 0 Å². The number of benzene rings is 1. The maximum Gasteiger partial charge on any atom is 0.0917 e. The van der Waals surface area contributed by atoms with Gasteiger partial charge in [-0.15, -0.1) is 0 Å². The van der Waals surface area contributed by atoms with E-state index in [4.69, 9.17) is 0 Å². The molecule has 0 bridgehead atoms. The first kappa shape index (κ1) is 14.7. The van der Waals surface area contributed by atoms with Gasteiger partial charge in [-0.1, -0.05) is 37.3 Å². The van der Waals surface area contributed by atoms with Gasteiger partial charge in [0.15, 0.2) is 0 Å². The minimum Gasteiger partial charge on any atom is -0.299 e. The van der Waals surface area contributed by atoms with Crippen LogP contribution in [-0.2, 0) is 17.5 Å². The van der Waals surface area contributed by atoms with Crippen molar-refractivity contribution in [3.8, 4) is 0 Å². The second kappa shape index (κ2) is 7.78. The van der Waals surface area contributed by atoms with Crippen molar-refractivity contribution < 1.29 is 4.21 Å². The highest BCUT2D eigenvalue weighted by atomic mass is 32.2. The van der Waals surface area contributed by atoms with Gasteiger partial charge in [-0.2, -0.15) is 0 Å². The first-order chi connectivity index (χ1) is 9.28. The van der Waals surface area contributed by atoms with Crippen LogP contribution in [0.25, 0.3) is 0 Å². The van der Waals surface area contributed by atoms with E-state index in [2.05, 4.69) is 46.9 Å². The summed E-state index contributed by atoms with van der Waals surface area (Å²) in [6, 6.07) is 11.0. The molecule has 1 atom stereocenters. The Kier molecular flexibility index (Phi) is 6.01.